The molecule has 3 heterocycles. The Morgan fingerprint density at radius 2 is 1.76 bits per heavy atom. The Balaban J connectivity index is 1.25. The van der Waals surface area contributed by atoms with Gasteiger partial charge in [0.15, 0.2) is 5.17 Å². The molecule has 0 spiro atoms. The topological polar surface area (TPSA) is 70.7 Å². The van der Waals surface area contributed by atoms with Gasteiger partial charge in [0.1, 0.15) is 11.6 Å². The standard InChI is InChI=1S/C30H23ClN4O2S/c31-22-11-13-23(14-12-22)37-16-6-15-34-18-21(24-9-4-5-10-26(24)34)17-25-28(32)35-27(20-7-2-1-3-8-20)19-38-30(35)33-29(25)36/h1-5,7-14,17-19,32H,6,15-16H2/b25-17-,32-28?. The van der Waals surface area contributed by atoms with Gasteiger partial charge >= 0.3 is 0 Å². The van der Waals surface area contributed by atoms with Gasteiger partial charge in [0.2, 0.25) is 0 Å². The quantitative estimate of drug-likeness (QED) is 0.202. The minimum Gasteiger partial charge on any atom is -0.494 e. The molecule has 3 aromatic carbocycles. The molecular formula is C30H23ClN4O2S. The van der Waals surface area contributed by atoms with E-state index in [1.807, 2.05) is 84.4 Å². The summed E-state index contributed by atoms with van der Waals surface area (Å²) in [6, 6.07) is 25.3. The van der Waals surface area contributed by atoms with E-state index in [1.165, 1.54) is 11.8 Å². The highest BCUT2D eigenvalue weighted by atomic mass is 35.5. The average molecular weight is 539 g/mol. The average Bonchev–Trinajstić information content (AvgIpc) is 3.52. The molecule has 6 nitrogen and oxygen atoms in total. The molecular weight excluding hydrogens is 516 g/mol. The molecule has 0 atom stereocenters. The van der Waals surface area contributed by atoms with Crippen molar-refractivity contribution in [3.8, 4) is 5.75 Å². The number of nitrogens with one attached hydrogen (secondary N) is 1. The third-order valence-corrected chi connectivity index (χ3v) is 7.51. The van der Waals surface area contributed by atoms with Crippen LogP contribution in [0.3, 0.4) is 0 Å². The first-order valence-corrected chi connectivity index (χ1v) is 13.5. The van der Waals surface area contributed by atoms with Crippen LogP contribution in [0.2, 0.25) is 5.02 Å². The van der Waals surface area contributed by atoms with E-state index >= 15 is 0 Å². The largest absolute Gasteiger partial charge is 0.494 e. The molecule has 2 aliphatic rings. The van der Waals surface area contributed by atoms with Crippen molar-refractivity contribution in [1.29, 1.82) is 5.41 Å². The van der Waals surface area contributed by atoms with Gasteiger partial charge in [-0.1, -0.05) is 71.9 Å². The van der Waals surface area contributed by atoms with E-state index in [0.29, 0.717) is 16.8 Å². The van der Waals surface area contributed by atoms with Crippen LogP contribution in [-0.4, -0.2) is 33.0 Å². The van der Waals surface area contributed by atoms with E-state index in [0.717, 1.165) is 46.4 Å². The number of carbonyl (C=O) groups is 1. The number of hydrogen-bond donors (Lipinski definition) is 1. The van der Waals surface area contributed by atoms with Gasteiger partial charge in [0.05, 0.1) is 17.9 Å². The molecule has 1 amide bonds. The molecule has 0 unspecified atom stereocenters. The fraction of sp³-hybridized carbons (Fsp3) is 0.100. The number of ether oxygens (including phenoxy) is 1. The molecule has 0 fully saturated rings. The van der Waals surface area contributed by atoms with Crippen molar-refractivity contribution in [3.63, 3.8) is 0 Å². The molecule has 4 aromatic rings. The van der Waals surface area contributed by atoms with Crippen LogP contribution in [0.1, 0.15) is 17.5 Å². The summed E-state index contributed by atoms with van der Waals surface area (Å²) in [5.74, 6) is 0.522. The number of benzene rings is 3. The monoisotopic (exact) mass is 538 g/mol. The second kappa shape index (κ2) is 10.4. The van der Waals surface area contributed by atoms with Crippen LogP contribution in [0.5, 0.6) is 5.75 Å². The van der Waals surface area contributed by atoms with Crippen molar-refractivity contribution < 1.29 is 9.53 Å². The Morgan fingerprint density at radius 1 is 1.00 bits per heavy atom. The van der Waals surface area contributed by atoms with Gasteiger partial charge < -0.3 is 9.30 Å². The third kappa shape index (κ3) is 4.66. The Bertz CT molecular complexity index is 1640. The maximum absolute atomic E-state index is 13.0. The van der Waals surface area contributed by atoms with Crippen molar-refractivity contribution in [1.82, 2.24) is 9.47 Å². The zero-order chi connectivity index (χ0) is 26.1. The zero-order valence-corrected chi connectivity index (χ0v) is 21.9. The third-order valence-electron chi connectivity index (χ3n) is 6.43. The van der Waals surface area contributed by atoms with E-state index in [4.69, 9.17) is 21.7 Å². The zero-order valence-electron chi connectivity index (χ0n) is 20.3. The van der Waals surface area contributed by atoms with Crippen molar-refractivity contribution >= 4 is 62.9 Å². The number of fused-ring (bicyclic) bond motifs is 2. The first-order valence-electron chi connectivity index (χ1n) is 12.2. The maximum Gasteiger partial charge on any atom is 0.283 e. The molecule has 1 aromatic heterocycles. The van der Waals surface area contributed by atoms with Gasteiger partial charge in [0, 0.05) is 39.6 Å². The van der Waals surface area contributed by atoms with Crippen LogP contribution in [0.4, 0.5) is 0 Å². The SMILES string of the molecule is N=C1/C(=C/c2cn(CCCOc3ccc(Cl)cc3)c3ccccc23)C(=O)N=C2SC=C(c3ccccc3)N12. The van der Waals surface area contributed by atoms with E-state index in [1.54, 1.807) is 11.0 Å². The summed E-state index contributed by atoms with van der Waals surface area (Å²) >= 11 is 7.31. The smallest absolute Gasteiger partial charge is 0.283 e. The van der Waals surface area contributed by atoms with Crippen LogP contribution in [0.15, 0.2) is 101 Å². The Morgan fingerprint density at radius 3 is 2.58 bits per heavy atom. The number of rotatable bonds is 7. The minimum absolute atomic E-state index is 0.133. The molecule has 0 saturated carbocycles. The summed E-state index contributed by atoms with van der Waals surface area (Å²) in [5.41, 5.74) is 4.03. The van der Waals surface area contributed by atoms with Gasteiger partial charge in [-0.15, -0.1) is 0 Å². The highest BCUT2D eigenvalue weighted by molar-refractivity contribution is 8.17. The summed E-state index contributed by atoms with van der Waals surface area (Å²) in [4.78, 5) is 19.1. The molecule has 6 rings (SSSR count). The summed E-state index contributed by atoms with van der Waals surface area (Å²) in [7, 11) is 0. The second-order valence-corrected chi connectivity index (χ2v) is 10.2. The van der Waals surface area contributed by atoms with Gasteiger partial charge in [-0.25, -0.2) is 0 Å². The number of carbonyl (C=O) groups excluding carboxylic acids is 1. The molecule has 2 aliphatic heterocycles. The van der Waals surface area contributed by atoms with Gasteiger partial charge in [0.25, 0.3) is 5.91 Å². The Hall–Kier alpha value is -4.07. The predicted molar refractivity (Wildman–Crippen MR) is 155 cm³/mol. The minimum atomic E-state index is -0.398. The summed E-state index contributed by atoms with van der Waals surface area (Å²) in [5, 5.41) is 13.1. The van der Waals surface area contributed by atoms with Crippen molar-refractivity contribution in [2.75, 3.05) is 6.61 Å². The maximum atomic E-state index is 13.0. The fourth-order valence-electron chi connectivity index (χ4n) is 4.60. The Kier molecular flexibility index (Phi) is 6.62. The summed E-state index contributed by atoms with van der Waals surface area (Å²) in [6.45, 7) is 1.31. The molecule has 0 radical (unpaired) electrons. The van der Waals surface area contributed by atoms with Gasteiger partial charge in [-0.2, -0.15) is 4.99 Å². The number of nitrogens with zero attached hydrogens (tertiary/aromatic N) is 3. The number of para-hydroxylation sites is 1. The lowest BCUT2D eigenvalue weighted by Crippen LogP contribution is -2.37. The first-order chi connectivity index (χ1) is 18.6. The number of aryl methyl sites for hydroxylation is 1. The molecule has 38 heavy (non-hydrogen) atoms. The van der Waals surface area contributed by atoms with Gasteiger partial charge in [-0.05, 0) is 48.4 Å². The predicted octanol–water partition coefficient (Wildman–Crippen LogP) is 7.07. The normalized spacial score (nSPS) is 16.1. The van der Waals surface area contributed by atoms with Crippen molar-refractivity contribution in [2.45, 2.75) is 13.0 Å². The molecule has 188 valence electrons. The summed E-state index contributed by atoms with van der Waals surface area (Å²) in [6.07, 6.45) is 4.63. The number of aromatic nitrogens is 1. The van der Waals surface area contributed by atoms with Crippen molar-refractivity contribution in [2.24, 2.45) is 4.99 Å². The van der Waals surface area contributed by atoms with E-state index in [-0.39, 0.29) is 11.4 Å². The van der Waals surface area contributed by atoms with Crippen LogP contribution in [-0.2, 0) is 11.3 Å². The molecule has 1 N–H and O–H groups in total. The number of aliphatic imine (C=N–C) groups is 1. The first kappa shape index (κ1) is 24.3. The van der Waals surface area contributed by atoms with Crippen molar-refractivity contribution in [3.05, 3.63) is 112 Å². The second-order valence-electron chi connectivity index (χ2n) is 8.88. The number of halogens is 1. The lowest BCUT2D eigenvalue weighted by atomic mass is 10.1. The lowest BCUT2D eigenvalue weighted by molar-refractivity contribution is -0.114. The van der Waals surface area contributed by atoms with E-state index in [2.05, 4.69) is 15.6 Å². The highest BCUT2D eigenvalue weighted by Crippen LogP contribution is 2.37. The van der Waals surface area contributed by atoms with Crippen LogP contribution in [0.25, 0.3) is 22.7 Å². The van der Waals surface area contributed by atoms with Crippen LogP contribution < -0.4 is 4.74 Å². The highest BCUT2D eigenvalue weighted by Gasteiger charge is 2.36. The van der Waals surface area contributed by atoms with E-state index < -0.39 is 5.91 Å². The van der Waals surface area contributed by atoms with E-state index in [9.17, 15) is 4.79 Å². The van der Waals surface area contributed by atoms with Crippen LogP contribution in [0, 0.1) is 5.41 Å². The number of amides is 1. The van der Waals surface area contributed by atoms with Crippen LogP contribution >= 0.6 is 23.4 Å². The number of amidine groups is 2. The molecule has 0 bridgehead atoms. The number of thioether (sulfide) groups is 1. The lowest BCUT2D eigenvalue weighted by Gasteiger charge is -2.26. The molecule has 0 saturated heterocycles. The molecule has 0 aliphatic carbocycles. The molecule has 8 heteroatoms. The summed E-state index contributed by atoms with van der Waals surface area (Å²) < 4.78 is 8.02. The Labute approximate surface area is 229 Å². The number of hydrogen-bond acceptors (Lipinski definition) is 4. The van der Waals surface area contributed by atoms with Gasteiger partial charge in [-0.3, -0.25) is 15.1 Å². The fourth-order valence-corrected chi connectivity index (χ4v) is 5.62.